The molecule has 0 saturated carbocycles. The maximum Gasteiger partial charge on any atom is 0.390 e. The molecule has 1 aliphatic heterocycles. The van der Waals surface area contributed by atoms with Crippen LogP contribution < -0.4 is 0 Å². The number of alkyl halides is 3. The van der Waals surface area contributed by atoms with E-state index in [-0.39, 0.29) is 0 Å². The number of aromatic nitrogens is 1. The molecule has 0 spiro atoms. The molecule has 1 atom stereocenters. The van der Waals surface area contributed by atoms with Gasteiger partial charge in [0.05, 0.1) is 6.42 Å². The molecule has 0 N–H and O–H groups in total. The lowest BCUT2D eigenvalue weighted by molar-refractivity contribution is -0.148. The second-order valence-corrected chi connectivity index (χ2v) is 6.57. The van der Waals surface area contributed by atoms with Gasteiger partial charge < -0.3 is 4.57 Å². The van der Waals surface area contributed by atoms with Gasteiger partial charge in [0.1, 0.15) is 0 Å². The zero-order chi connectivity index (χ0) is 16.2. The first-order valence-electron chi connectivity index (χ1n) is 7.62. The molecule has 4 rings (SSSR count). The van der Waals surface area contributed by atoms with Gasteiger partial charge in [0, 0.05) is 34.1 Å². The van der Waals surface area contributed by atoms with E-state index in [9.17, 15) is 13.2 Å². The number of fused-ring (bicyclic) bond motifs is 5. The average molecular weight is 315 g/mol. The van der Waals surface area contributed by atoms with Crippen LogP contribution in [0, 0.1) is 0 Å². The molecule has 0 aliphatic carbocycles. The summed E-state index contributed by atoms with van der Waals surface area (Å²) < 4.78 is 41.6. The highest BCUT2D eigenvalue weighted by Crippen LogP contribution is 2.47. The largest absolute Gasteiger partial charge is 0.390 e. The van der Waals surface area contributed by atoms with Crippen molar-refractivity contribution in [1.82, 2.24) is 4.57 Å². The minimum atomic E-state index is -4.19. The van der Waals surface area contributed by atoms with E-state index in [1.54, 1.807) is 6.92 Å². The average Bonchev–Trinajstić information content (AvgIpc) is 2.84. The smallest absolute Gasteiger partial charge is 0.340 e. The van der Waals surface area contributed by atoms with Crippen molar-refractivity contribution >= 4 is 10.9 Å². The summed E-state index contributed by atoms with van der Waals surface area (Å²) in [4.78, 5) is 0. The van der Waals surface area contributed by atoms with Crippen LogP contribution in [0.5, 0.6) is 0 Å². The fourth-order valence-corrected chi connectivity index (χ4v) is 3.86. The van der Waals surface area contributed by atoms with Crippen LogP contribution in [0.4, 0.5) is 13.2 Å². The summed E-state index contributed by atoms with van der Waals surface area (Å²) in [6.45, 7) is 2.06. The first-order chi connectivity index (χ1) is 10.9. The fourth-order valence-electron chi connectivity index (χ4n) is 3.86. The van der Waals surface area contributed by atoms with Crippen molar-refractivity contribution in [2.24, 2.45) is 0 Å². The molecule has 1 aliphatic rings. The van der Waals surface area contributed by atoms with E-state index in [0.717, 1.165) is 27.7 Å². The van der Waals surface area contributed by atoms with E-state index in [4.69, 9.17) is 0 Å². The van der Waals surface area contributed by atoms with Crippen molar-refractivity contribution in [1.29, 1.82) is 0 Å². The van der Waals surface area contributed by atoms with Gasteiger partial charge in [0.15, 0.2) is 0 Å². The number of nitrogens with zero attached hydrogens (tertiary/aromatic N) is 1. The van der Waals surface area contributed by atoms with E-state index in [2.05, 4.69) is 6.07 Å². The van der Waals surface area contributed by atoms with Gasteiger partial charge in [-0.3, -0.25) is 0 Å². The predicted octanol–water partition coefficient (Wildman–Crippen LogP) is 5.53. The molecular weight excluding hydrogens is 299 g/mol. The molecule has 1 unspecified atom stereocenters. The molecular formula is C19H16F3N. The molecule has 0 amide bonds. The van der Waals surface area contributed by atoms with Crippen LogP contribution in [0.15, 0.2) is 54.6 Å². The summed E-state index contributed by atoms with van der Waals surface area (Å²) in [6, 6.07) is 17.4. The van der Waals surface area contributed by atoms with Crippen LogP contribution in [0.25, 0.3) is 22.2 Å². The highest BCUT2D eigenvalue weighted by atomic mass is 19.4. The quantitative estimate of drug-likeness (QED) is 0.556. The Bertz CT molecular complexity index is 891. The predicted molar refractivity (Wildman–Crippen MR) is 85.4 cm³/mol. The summed E-state index contributed by atoms with van der Waals surface area (Å²) in [5.41, 5.74) is 2.73. The van der Waals surface area contributed by atoms with Gasteiger partial charge in [0.2, 0.25) is 0 Å². The van der Waals surface area contributed by atoms with Crippen LogP contribution in [0.2, 0.25) is 0 Å². The van der Waals surface area contributed by atoms with Gasteiger partial charge in [-0.2, -0.15) is 13.2 Å². The summed E-state index contributed by atoms with van der Waals surface area (Å²) in [5.74, 6) is 0. The summed E-state index contributed by atoms with van der Waals surface area (Å²) in [7, 11) is 0. The molecule has 1 nitrogen and oxygen atoms in total. The lowest BCUT2D eigenvalue weighted by Crippen LogP contribution is -2.37. The summed E-state index contributed by atoms with van der Waals surface area (Å²) in [6.07, 6.45) is -5.01. The highest BCUT2D eigenvalue weighted by molar-refractivity contribution is 5.88. The van der Waals surface area contributed by atoms with Crippen LogP contribution in [-0.2, 0) is 12.0 Å². The van der Waals surface area contributed by atoms with Crippen molar-refractivity contribution in [2.45, 2.75) is 31.5 Å². The second-order valence-electron chi connectivity index (χ2n) is 6.57. The molecule has 2 heterocycles. The Morgan fingerprint density at radius 3 is 2.52 bits per heavy atom. The van der Waals surface area contributed by atoms with Crippen LogP contribution in [0.3, 0.4) is 0 Å². The minimum absolute atomic E-state index is 0.340. The third kappa shape index (κ3) is 2.24. The van der Waals surface area contributed by atoms with Crippen molar-refractivity contribution in [3.63, 3.8) is 0 Å². The Morgan fingerprint density at radius 1 is 1.04 bits per heavy atom. The number of rotatable bonds is 1. The van der Waals surface area contributed by atoms with Gasteiger partial charge in [-0.05, 0) is 17.7 Å². The van der Waals surface area contributed by atoms with Gasteiger partial charge >= 0.3 is 6.18 Å². The Hall–Kier alpha value is -2.23. The van der Waals surface area contributed by atoms with Crippen molar-refractivity contribution in [3.05, 3.63) is 60.2 Å². The SMILES string of the molecule is CC1(CC(F)(F)F)Cn2c(cc3ccccc32)-c2ccccc21. The van der Waals surface area contributed by atoms with Crippen LogP contribution in [-0.4, -0.2) is 10.7 Å². The minimum Gasteiger partial charge on any atom is -0.340 e. The maximum atomic E-state index is 13.2. The molecule has 0 saturated heterocycles. The van der Waals surface area contributed by atoms with E-state index in [1.165, 1.54) is 0 Å². The molecule has 0 radical (unpaired) electrons. The number of para-hydroxylation sites is 1. The molecule has 3 aromatic rings. The monoisotopic (exact) mass is 315 g/mol. The van der Waals surface area contributed by atoms with E-state index < -0.39 is 18.0 Å². The van der Waals surface area contributed by atoms with Crippen LogP contribution in [0.1, 0.15) is 18.9 Å². The van der Waals surface area contributed by atoms with Crippen molar-refractivity contribution in [3.8, 4) is 11.3 Å². The van der Waals surface area contributed by atoms with Gasteiger partial charge in [0.25, 0.3) is 0 Å². The van der Waals surface area contributed by atoms with Crippen LogP contribution >= 0.6 is 0 Å². The summed E-state index contributed by atoms with van der Waals surface area (Å²) in [5, 5.41) is 1.06. The molecule has 4 heteroatoms. The van der Waals surface area contributed by atoms with Crippen molar-refractivity contribution in [2.75, 3.05) is 0 Å². The second kappa shape index (κ2) is 4.63. The highest BCUT2D eigenvalue weighted by Gasteiger charge is 2.44. The summed E-state index contributed by atoms with van der Waals surface area (Å²) >= 11 is 0. The number of benzene rings is 2. The molecule has 23 heavy (non-hydrogen) atoms. The Balaban J connectivity index is 1.98. The zero-order valence-electron chi connectivity index (χ0n) is 12.7. The topological polar surface area (TPSA) is 4.93 Å². The third-order valence-corrected chi connectivity index (χ3v) is 4.76. The maximum absolute atomic E-state index is 13.2. The lowest BCUT2D eigenvalue weighted by atomic mass is 9.74. The first-order valence-corrected chi connectivity index (χ1v) is 7.62. The van der Waals surface area contributed by atoms with Gasteiger partial charge in [-0.25, -0.2) is 0 Å². The normalized spacial score (nSPS) is 20.3. The van der Waals surface area contributed by atoms with Gasteiger partial charge in [-0.1, -0.05) is 49.4 Å². The molecule has 2 aromatic carbocycles. The third-order valence-electron chi connectivity index (χ3n) is 4.76. The molecule has 1 aromatic heterocycles. The Labute approximate surface area is 132 Å². The fraction of sp³-hybridized carbons (Fsp3) is 0.263. The molecule has 0 fully saturated rings. The first kappa shape index (κ1) is 14.4. The number of hydrogen-bond donors (Lipinski definition) is 0. The Morgan fingerprint density at radius 2 is 1.74 bits per heavy atom. The Kier molecular flexibility index (Phi) is 2.89. The molecule has 118 valence electrons. The van der Waals surface area contributed by atoms with E-state index in [0.29, 0.717) is 6.54 Å². The van der Waals surface area contributed by atoms with E-state index >= 15 is 0 Å². The lowest BCUT2D eigenvalue weighted by Gasteiger charge is -2.38. The number of halogens is 3. The van der Waals surface area contributed by atoms with Crippen molar-refractivity contribution < 1.29 is 13.2 Å². The molecule has 0 bridgehead atoms. The van der Waals surface area contributed by atoms with Gasteiger partial charge in [-0.15, -0.1) is 0 Å². The standard InChI is InChI=1S/C19H16F3N/c1-18(11-19(20,21)22)12-23-16-9-5-2-6-13(16)10-17(23)14-7-3-4-8-15(14)18/h2-10H,11-12H2,1H3. The van der Waals surface area contributed by atoms with E-state index in [1.807, 2.05) is 53.1 Å². The zero-order valence-corrected chi connectivity index (χ0v) is 12.7. The number of hydrogen-bond acceptors (Lipinski definition) is 0.